The lowest BCUT2D eigenvalue weighted by Crippen LogP contribution is -2.05. The predicted octanol–water partition coefficient (Wildman–Crippen LogP) is 3.72. The van der Waals surface area contributed by atoms with E-state index in [0.29, 0.717) is 22.6 Å². The highest BCUT2D eigenvalue weighted by Crippen LogP contribution is 2.35. The normalized spacial score (nSPS) is 11.6. The molecule has 4 nitrogen and oxygen atoms in total. The minimum atomic E-state index is -1.01. The number of hydrogen-bond acceptors (Lipinski definition) is 3. The van der Waals surface area contributed by atoms with E-state index >= 15 is 0 Å². The van der Waals surface area contributed by atoms with Gasteiger partial charge in [0.1, 0.15) is 11.5 Å². The van der Waals surface area contributed by atoms with E-state index in [1.807, 2.05) is 18.2 Å². The highest BCUT2D eigenvalue weighted by Gasteiger charge is 2.20. The molecule has 2 aromatic carbocycles. The fraction of sp³-hybridized carbons (Fsp3) is 0.167. The maximum absolute atomic E-state index is 11.8. The summed E-state index contributed by atoms with van der Waals surface area (Å²) < 4.78 is 10.6. The molecule has 2 rings (SSSR count). The second-order valence-corrected chi connectivity index (χ2v) is 4.71. The van der Waals surface area contributed by atoms with Crippen LogP contribution in [0.25, 0.3) is 11.1 Å². The minimum absolute atomic E-state index is 0.196. The molecule has 0 aromatic heterocycles. The number of benzene rings is 2. The molecule has 0 radical (unpaired) electrons. The molecule has 22 heavy (non-hydrogen) atoms. The second-order valence-electron chi connectivity index (χ2n) is 4.71. The lowest BCUT2D eigenvalue weighted by Gasteiger charge is -2.14. The highest BCUT2D eigenvalue weighted by molar-refractivity contribution is 6.24. The molecule has 0 heterocycles. The van der Waals surface area contributed by atoms with Crippen molar-refractivity contribution in [1.29, 1.82) is 0 Å². The van der Waals surface area contributed by atoms with E-state index in [2.05, 4.69) is 0 Å². The Bertz CT molecular complexity index is 717. The molecule has 0 aliphatic heterocycles. The van der Waals surface area contributed by atoms with Crippen molar-refractivity contribution < 1.29 is 19.4 Å². The first-order valence-electron chi connectivity index (χ1n) is 6.81. The summed E-state index contributed by atoms with van der Waals surface area (Å²) in [5.41, 5.74) is 2.10. The molecule has 0 fully saturated rings. The van der Waals surface area contributed by atoms with Crippen LogP contribution in [0.1, 0.15) is 18.1 Å². The topological polar surface area (TPSA) is 55.8 Å². The third-order valence-corrected chi connectivity index (χ3v) is 3.48. The molecule has 4 heteroatoms. The van der Waals surface area contributed by atoms with Crippen LogP contribution >= 0.6 is 0 Å². The SMILES string of the molecule is COc1ccccc1/C(C)=C(/C(=O)O)c1ccccc1OC. The van der Waals surface area contributed by atoms with Crippen molar-refractivity contribution in [3.05, 3.63) is 59.7 Å². The van der Waals surface area contributed by atoms with Gasteiger partial charge in [-0.15, -0.1) is 0 Å². The van der Waals surface area contributed by atoms with Gasteiger partial charge in [-0.05, 0) is 24.6 Å². The molecule has 0 bridgehead atoms. The van der Waals surface area contributed by atoms with Crippen LogP contribution < -0.4 is 9.47 Å². The summed E-state index contributed by atoms with van der Waals surface area (Å²) in [7, 11) is 3.09. The molecule has 0 aliphatic carbocycles. The van der Waals surface area contributed by atoms with Gasteiger partial charge in [0.25, 0.3) is 0 Å². The molecule has 0 amide bonds. The van der Waals surface area contributed by atoms with E-state index in [1.165, 1.54) is 7.11 Å². The fourth-order valence-corrected chi connectivity index (χ4v) is 2.42. The van der Waals surface area contributed by atoms with Gasteiger partial charge in [0.05, 0.1) is 19.8 Å². The summed E-state index contributed by atoms with van der Waals surface area (Å²) in [6.45, 7) is 1.77. The van der Waals surface area contributed by atoms with Gasteiger partial charge in [0.15, 0.2) is 0 Å². The van der Waals surface area contributed by atoms with Gasteiger partial charge in [-0.1, -0.05) is 36.4 Å². The molecule has 0 saturated heterocycles. The summed E-state index contributed by atoms with van der Waals surface area (Å²) in [6.07, 6.45) is 0. The van der Waals surface area contributed by atoms with Crippen molar-refractivity contribution >= 4 is 17.1 Å². The molecule has 0 atom stereocenters. The Morgan fingerprint density at radius 1 is 0.864 bits per heavy atom. The van der Waals surface area contributed by atoms with Crippen LogP contribution in [-0.2, 0) is 4.79 Å². The largest absolute Gasteiger partial charge is 0.496 e. The van der Waals surface area contributed by atoms with Crippen molar-refractivity contribution in [2.45, 2.75) is 6.92 Å². The smallest absolute Gasteiger partial charge is 0.336 e. The van der Waals surface area contributed by atoms with Gasteiger partial charge in [-0.3, -0.25) is 0 Å². The molecule has 114 valence electrons. The van der Waals surface area contributed by atoms with Crippen LogP contribution in [0, 0.1) is 0 Å². The number of ether oxygens (including phenoxy) is 2. The van der Waals surface area contributed by atoms with Crippen molar-refractivity contribution in [3.8, 4) is 11.5 Å². The van der Waals surface area contributed by atoms with E-state index in [9.17, 15) is 9.90 Å². The van der Waals surface area contributed by atoms with Crippen molar-refractivity contribution in [2.75, 3.05) is 14.2 Å². The molecular formula is C18H18O4. The first kappa shape index (κ1) is 15.6. The van der Waals surface area contributed by atoms with Crippen LogP contribution in [0.3, 0.4) is 0 Å². The zero-order valence-corrected chi connectivity index (χ0v) is 12.8. The van der Waals surface area contributed by atoms with Crippen molar-refractivity contribution in [3.63, 3.8) is 0 Å². The Morgan fingerprint density at radius 3 is 1.82 bits per heavy atom. The number of carboxylic acids is 1. The van der Waals surface area contributed by atoms with Crippen molar-refractivity contribution in [1.82, 2.24) is 0 Å². The van der Waals surface area contributed by atoms with Crippen molar-refractivity contribution in [2.24, 2.45) is 0 Å². The number of methoxy groups -OCH3 is 2. The van der Waals surface area contributed by atoms with E-state index in [0.717, 1.165) is 5.56 Å². The first-order chi connectivity index (χ1) is 10.6. The second kappa shape index (κ2) is 6.80. The Morgan fingerprint density at radius 2 is 1.32 bits per heavy atom. The molecule has 2 aromatic rings. The van der Waals surface area contributed by atoms with Crippen LogP contribution in [0.2, 0.25) is 0 Å². The Labute approximate surface area is 129 Å². The average Bonchev–Trinajstić information content (AvgIpc) is 2.55. The maximum Gasteiger partial charge on any atom is 0.336 e. The van der Waals surface area contributed by atoms with Crippen LogP contribution in [0.4, 0.5) is 0 Å². The third-order valence-electron chi connectivity index (χ3n) is 3.48. The number of aliphatic carboxylic acids is 1. The van der Waals surface area contributed by atoms with E-state index in [4.69, 9.17) is 9.47 Å². The zero-order chi connectivity index (χ0) is 16.1. The fourth-order valence-electron chi connectivity index (χ4n) is 2.42. The van der Waals surface area contributed by atoms with Gasteiger partial charge in [-0.25, -0.2) is 4.79 Å². The predicted molar refractivity (Wildman–Crippen MR) is 86.1 cm³/mol. The highest BCUT2D eigenvalue weighted by atomic mass is 16.5. The summed E-state index contributed by atoms with van der Waals surface area (Å²) in [5.74, 6) is 0.149. The van der Waals surface area contributed by atoms with E-state index in [-0.39, 0.29) is 5.57 Å². The van der Waals surface area contributed by atoms with Crippen LogP contribution in [0.15, 0.2) is 48.5 Å². The molecule has 0 unspecified atom stereocenters. The molecule has 0 saturated carbocycles. The van der Waals surface area contributed by atoms with Crippen LogP contribution in [-0.4, -0.2) is 25.3 Å². The summed E-state index contributed by atoms with van der Waals surface area (Å²) in [4.78, 5) is 11.8. The quantitative estimate of drug-likeness (QED) is 0.675. The average molecular weight is 298 g/mol. The summed E-state index contributed by atoms with van der Waals surface area (Å²) in [5, 5.41) is 9.69. The number of rotatable bonds is 5. The Kier molecular flexibility index (Phi) is 4.84. The number of carboxylic acid groups (broad SMARTS) is 1. The third kappa shape index (κ3) is 2.96. The Hall–Kier alpha value is -2.75. The van der Waals surface area contributed by atoms with E-state index < -0.39 is 5.97 Å². The standard InChI is InChI=1S/C18H18O4/c1-12(13-8-4-6-10-15(13)21-2)17(18(19)20)14-9-5-7-11-16(14)22-3/h4-11H,1-3H3,(H,19,20)/b17-12+. The number of allylic oxidation sites excluding steroid dienone is 1. The van der Waals surface area contributed by atoms with Gasteiger partial charge >= 0.3 is 5.97 Å². The maximum atomic E-state index is 11.8. The number of hydrogen-bond donors (Lipinski definition) is 1. The monoisotopic (exact) mass is 298 g/mol. The number of para-hydroxylation sites is 2. The molecule has 0 aliphatic rings. The number of carbonyl (C=O) groups is 1. The molecule has 0 spiro atoms. The lowest BCUT2D eigenvalue weighted by molar-refractivity contribution is -0.130. The van der Waals surface area contributed by atoms with Crippen LogP contribution in [0.5, 0.6) is 11.5 Å². The minimum Gasteiger partial charge on any atom is -0.496 e. The molecule has 1 N–H and O–H groups in total. The van der Waals surface area contributed by atoms with E-state index in [1.54, 1.807) is 44.4 Å². The van der Waals surface area contributed by atoms with Gasteiger partial charge in [0.2, 0.25) is 0 Å². The first-order valence-corrected chi connectivity index (χ1v) is 6.81. The Balaban J connectivity index is 2.72. The van der Waals surface area contributed by atoms with Gasteiger partial charge in [0, 0.05) is 11.1 Å². The zero-order valence-electron chi connectivity index (χ0n) is 12.8. The van der Waals surface area contributed by atoms with Gasteiger partial charge < -0.3 is 14.6 Å². The van der Waals surface area contributed by atoms with Gasteiger partial charge in [-0.2, -0.15) is 0 Å². The summed E-state index contributed by atoms with van der Waals surface area (Å²) >= 11 is 0. The molecular weight excluding hydrogens is 280 g/mol. The lowest BCUT2D eigenvalue weighted by atomic mass is 9.94. The summed E-state index contributed by atoms with van der Waals surface area (Å²) in [6, 6.07) is 14.4.